The van der Waals surface area contributed by atoms with Gasteiger partial charge in [-0.1, -0.05) is 0 Å². The molecule has 1 aliphatic heterocycles. The third-order valence-electron chi connectivity index (χ3n) is 5.87. The lowest BCUT2D eigenvalue weighted by atomic mass is 10.1. The van der Waals surface area contributed by atoms with Gasteiger partial charge in [0, 0.05) is 30.6 Å². The van der Waals surface area contributed by atoms with Crippen LogP contribution in [-0.4, -0.2) is 58.1 Å². The number of aryl methyl sites for hydroxylation is 1. The van der Waals surface area contributed by atoms with Crippen LogP contribution >= 0.6 is 0 Å². The first kappa shape index (κ1) is 23.8. The molecule has 2 aromatic heterocycles. The highest BCUT2D eigenvalue weighted by Crippen LogP contribution is 2.29. The molecule has 1 unspecified atom stereocenters. The van der Waals surface area contributed by atoms with Crippen molar-refractivity contribution in [3.05, 3.63) is 51.9 Å². The van der Waals surface area contributed by atoms with Gasteiger partial charge in [0.15, 0.2) is 5.82 Å². The monoisotopic (exact) mass is 477 g/mol. The summed E-state index contributed by atoms with van der Waals surface area (Å²) in [5.74, 6) is -0.333. The number of amides is 1. The Morgan fingerprint density at radius 3 is 2.79 bits per heavy atom. The zero-order chi connectivity index (χ0) is 24.5. The smallest absolute Gasteiger partial charge is 0.379 e. The van der Waals surface area contributed by atoms with Gasteiger partial charge in [0.05, 0.1) is 18.2 Å². The van der Waals surface area contributed by atoms with Crippen LogP contribution in [0.25, 0.3) is 10.9 Å². The molecule has 1 aromatic carbocycles. The van der Waals surface area contributed by atoms with E-state index >= 15 is 0 Å². The van der Waals surface area contributed by atoms with E-state index in [1.807, 2.05) is 0 Å². The van der Waals surface area contributed by atoms with Crippen molar-refractivity contribution < 1.29 is 22.7 Å². The molecule has 3 aromatic rings. The number of aromatic nitrogens is 3. The lowest BCUT2D eigenvalue weighted by Crippen LogP contribution is -2.39. The Labute approximate surface area is 193 Å². The molecule has 8 nitrogen and oxygen atoms in total. The molecule has 0 bridgehead atoms. The number of carbonyl (C=O) groups is 1. The standard InChI is InChI=1S/C23H26F3N5O3/c1-3-30(13-23(24,25)26)22(33)17-7-6-15(11-14(17)2)28-20-19-18(8-9-27-21(19)32)31(29-20)16-5-4-10-34-12-16/h6-9,11,16H,3-5,10,12-13H2,1-2H3,(H,27,32)(H,28,29). The van der Waals surface area contributed by atoms with Crippen LogP contribution in [0.3, 0.4) is 0 Å². The summed E-state index contributed by atoms with van der Waals surface area (Å²) in [6.07, 6.45) is -1.13. The molecule has 0 radical (unpaired) electrons. The summed E-state index contributed by atoms with van der Waals surface area (Å²) in [4.78, 5) is 28.7. The topological polar surface area (TPSA) is 92.2 Å². The maximum absolute atomic E-state index is 12.8. The third-order valence-corrected chi connectivity index (χ3v) is 5.87. The molecule has 11 heteroatoms. The van der Waals surface area contributed by atoms with Crippen LogP contribution in [0.5, 0.6) is 0 Å². The van der Waals surface area contributed by atoms with Crippen molar-refractivity contribution in [1.29, 1.82) is 0 Å². The average molecular weight is 477 g/mol. The summed E-state index contributed by atoms with van der Waals surface area (Å²) >= 11 is 0. The highest BCUT2D eigenvalue weighted by Gasteiger charge is 2.33. The van der Waals surface area contributed by atoms with Crippen molar-refractivity contribution in [3.63, 3.8) is 0 Å². The highest BCUT2D eigenvalue weighted by atomic mass is 19.4. The number of anilines is 2. The summed E-state index contributed by atoms with van der Waals surface area (Å²) < 4.78 is 45.8. The predicted molar refractivity (Wildman–Crippen MR) is 122 cm³/mol. The van der Waals surface area contributed by atoms with Gasteiger partial charge in [-0.25, -0.2) is 0 Å². The lowest BCUT2D eigenvalue weighted by Gasteiger charge is -2.23. The number of fused-ring (bicyclic) bond motifs is 1. The fourth-order valence-electron chi connectivity index (χ4n) is 4.21. The summed E-state index contributed by atoms with van der Waals surface area (Å²) in [6.45, 7) is 3.00. The lowest BCUT2D eigenvalue weighted by molar-refractivity contribution is -0.140. The Balaban J connectivity index is 1.63. The normalized spacial score (nSPS) is 16.6. The number of benzene rings is 1. The largest absolute Gasteiger partial charge is 0.406 e. The number of hydrogen-bond donors (Lipinski definition) is 2. The van der Waals surface area contributed by atoms with Crippen LogP contribution in [-0.2, 0) is 4.74 Å². The van der Waals surface area contributed by atoms with Crippen LogP contribution in [0.1, 0.15) is 41.7 Å². The Morgan fingerprint density at radius 1 is 1.35 bits per heavy atom. The van der Waals surface area contributed by atoms with Gasteiger partial charge >= 0.3 is 6.18 Å². The van der Waals surface area contributed by atoms with Crippen LogP contribution in [0.15, 0.2) is 35.3 Å². The van der Waals surface area contributed by atoms with Crippen molar-refractivity contribution in [2.24, 2.45) is 0 Å². The van der Waals surface area contributed by atoms with Crippen LogP contribution < -0.4 is 10.9 Å². The van der Waals surface area contributed by atoms with Crippen LogP contribution in [0.2, 0.25) is 0 Å². The van der Waals surface area contributed by atoms with Crippen molar-refractivity contribution in [1.82, 2.24) is 19.7 Å². The number of nitrogens with zero attached hydrogens (tertiary/aromatic N) is 3. The number of halogens is 3. The summed E-state index contributed by atoms with van der Waals surface area (Å²) in [6, 6.07) is 6.52. The molecule has 0 spiro atoms. The number of ether oxygens (including phenoxy) is 1. The summed E-state index contributed by atoms with van der Waals surface area (Å²) in [5, 5.41) is 8.18. The molecule has 34 heavy (non-hydrogen) atoms. The minimum absolute atomic E-state index is 0.00370. The minimum atomic E-state index is -4.47. The van der Waals surface area contributed by atoms with Crippen molar-refractivity contribution in [2.75, 3.05) is 31.6 Å². The van der Waals surface area contributed by atoms with E-state index in [2.05, 4.69) is 15.4 Å². The second-order valence-electron chi connectivity index (χ2n) is 8.32. The number of aromatic amines is 1. The molecule has 4 rings (SSSR count). The fourth-order valence-corrected chi connectivity index (χ4v) is 4.21. The maximum atomic E-state index is 12.8. The third kappa shape index (κ3) is 4.93. The minimum Gasteiger partial charge on any atom is -0.379 e. The maximum Gasteiger partial charge on any atom is 0.406 e. The first-order chi connectivity index (χ1) is 16.2. The predicted octanol–water partition coefficient (Wildman–Crippen LogP) is 4.15. The molecule has 182 valence electrons. The summed E-state index contributed by atoms with van der Waals surface area (Å²) in [7, 11) is 0. The molecule has 1 amide bonds. The molecule has 1 aliphatic rings. The van der Waals surface area contributed by atoms with Gasteiger partial charge in [0.1, 0.15) is 11.9 Å². The number of H-pyrrole nitrogens is 1. The zero-order valence-corrected chi connectivity index (χ0v) is 18.9. The molecule has 0 aliphatic carbocycles. The Kier molecular flexibility index (Phi) is 6.65. The van der Waals surface area contributed by atoms with Gasteiger partial charge in [-0.05, 0) is 56.5 Å². The van der Waals surface area contributed by atoms with E-state index < -0.39 is 18.6 Å². The van der Waals surface area contributed by atoms with Crippen molar-refractivity contribution in [3.8, 4) is 0 Å². The molecule has 2 N–H and O–H groups in total. The molecule has 1 saturated heterocycles. The second kappa shape index (κ2) is 9.49. The van der Waals surface area contributed by atoms with Crippen molar-refractivity contribution in [2.45, 2.75) is 38.9 Å². The SMILES string of the molecule is CCN(CC(F)(F)F)C(=O)c1ccc(Nc2nn(C3CCCOC3)c3cc[nH]c(=O)c23)cc1C. The Hall–Kier alpha value is -3.34. The van der Waals surface area contributed by atoms with Gasteiger partial charge in [0.2, 0.25) is 0 Å². The van der Waals surface area contributed by atoms with Gasteiger partial charge in [-0.3, -0.25) is 14.3 Å². The first-order valence-electron chi connectivity index (χ1n) is 11.1. The summed E-state index contributed by atoms with van der Waals surface area (Å²) in [5.41, 5.74) is 1.63. The van der Waals surface area contributed by atoms with E-state index in [9.17, 15) is 22.8 Å². The number of alkyl halides is 3. The van der Waals surface area contributed by atoms with E-state index in [4.69, 9.17) is 4.74 Å². The van der Waals surface area contributed by atoms with E-state index in [1.54, 1.807) is 36.0 Å². The number of carbonyl (C=O) groups excluding carboxylic acids is 1. The van der Waals surface area contributed by atoms with E-state index in [1.165, 1.54) is 13.0 Å². The van der Waals surface area contributed by atoms with Gasteiger partial charge in [0.25, 0.3) is 11.5 Å². The molecular weight excluding hydrogens is 451 g/mol. The van der Waals surface area contributed by atoms with Crippen LogP contribution in [0.4, 0.5) is 24.7 Å². The molecule has 0 saturated carbocycles. The average Bonchev–Trinajstić information content (AvgIpc) is 3.16. The van der Waals surface area contributed by atoms with Crippen molar-refractivity contribution >= 4 is 28.3 Å². The van der Waals surface area contributed by atoms with Gasteiger partial charge in [-0.2, -0.15) is 18.3 Å². The van der Waals surface area contributed by atoms with E-state index in [0.29, 0.717) is 41.2 Å². The van der Waals surface area contributed by atoms with Crippen LogP contribution in [0, 0.1) is 6.92 Å². The number of hydrogen-bond acceptors (Lipinski definition) is 5. The zero-order valence-electron chi connectivity index (χ0n) is 18.9. The first-order valence-corrected chi connectivity index (χ1v) is 11.1. The molecule has 3 heterocycles. The van der Waals surface area contributed by atoms with Gasteiger partial charge < -0.3 is 19.9 Å². The molecule has 1 atom stereocenters. The quantitative estimate of drug-likeness (QED) is 0.557. The fraction of sp³-hybridized carbons (Fsp3) is 0.435. The Morgan fingerprint density at radius 2 is 2.15 bits per heavy atom. The number of nitrogens with one attached hydrogen (secondary N) is 2. The highest BCUT2D eigenvalue weighted by molar-refractivity contribution is 5.96. The second-order valence-corrected chi connectivity index (χ2v) is 8.32. The van der Waals surface area contributed by atoms with E-state index in [-0.39, 0.29) is 23.7 Å². The van der Waals surface area contributed by atoms with E-state index in [0.717, 1.165) is 17.7 Å². The Bertz CT molecular complexity index is 1240. The molecule has 1 fully saturated rings. The number of rotatable bonds is 6. The molecular formula is C23H26F3N5O3. The van der Waals surface area contributed by atoms with Gasteiger partial charge in [-0.15, -0.1) is 0 Å². The number of pyridine rings is 1.